The fraction of sp³-hybridized carbons (Fsp3) is 0.579. The maximum absolute atomic E-state index is 13.0. The van der Waals surface area contributed by atoms with Gasteiger partial charge < -0.3 is 14.5 Å². The Kier molecular flexibility index (Phi) is 4.82. The summed E-state index contributed by atoms with van der Waals surface area (Å²) in [4.78, 5) is 26.3. The molecule has 0 atom stereocenters. The zero-order chi connectivity index (χ0) is 19.0. The number of nitrogens with zero attached hydrogens (tertiary/aromatic N) is 6. The predicted octanol–water partition coefficient (Wildman–Crippen LogP) is 1.12. The lowest BCUT2D eigenvalue weighted by molar-refractivity contribution is 0.0734. The molecule has 0 saturated carbocycles. The Hall–Kier alpha value is -2.48. The second-order valence-electron chi connectivity index (χ2n) is 7.12. The molecule has 8 heteroatoms. The van der Waals surface area contributed by atoms with Gasteiger partial charge in [-0.2, -0.15) is 5.10 Å². The quantitative estimate of drug-likeness (QED) is 0.806. The van der Waals surface area contributed by atoms with Gasteiger partial charge in [0.15, 0.2) is 0 Å². The first-order valence-corrected chi connectivity index (χ1v) is 9.57. The van der Waals surface area contributed by atoms with Gasteiger partial charge >= 0.3 is 0 Å². The Morgan fingerprint density at radius 3 is 2.74 bits per heavy atom. The Morgan fingerprint density at radius 2 is 2.04 bits per heavy atom. The van der Waals surface area contributed by atoms with Crippen LogP contribution in [0.3, 0.4) is 0 Å². The van der Waals surface area contributed by atoms with Gasteiger partial charge in [-0.25, -0.2) is 9.97 Å². The summed E-state index contributed by atoms with van der Waals surface area (Å²) in [5.74, 6) is 0.818. The first kappa shape index (κ1) is 17.9. The van der Waals surface area contributed by atoms with E-state index in [2.05, 4.69) is 21.9 Å². The molecule has 0 spiro atoms. The Labute approximate surface area is 159 Å². The van der Waals surface area contributed by atoms with Crippen LogP contribution in [-0.2, 0) is 31.2 Å². The molecular weight excluding hydrogens is 344 g/mol. The minimum absolute atomic E-state index is 0.0605. The number of piperazine rings is 1. The van der Waals surface area contributed by atoms with Crippen LogP contribution in [-0.4, -0.2) is 63.3 Å². The van der Waals surface area contributed by atoms with Crippen LogP contribution in [0.25, 0.3) is 0 Å². The molecule has 2 aliphatic heterocycles. The summed E-state index contributed by atoms with van der Waals surface area (Å²) in [7, 11) is 1.85. The van der Waals surface area contributed by atoms with Gasteiger partial charge in [0.05, 0.1) is 24.6 Å². The van der Waals surface area contributed by atoms with Gasteiger partial charge in [-0.3, -0.25) is 9.48 Å². The van der Waals surface area contributed by atoms with Crippen molar-refractivity contribution in [2.75, 3.05) is 37.7 Å². The first-order valence-electron chi connectivity index (χ1n) is 9.57. The lowest BCUT2D eigenvalue weighted by Crippen LogP contribution is -2.49. The monoisotopic (exact) mass is 370 g/mol. The molecule has 0 bridgehead atoms. The number of hydrogen-bond acceptors (Lipinski definition) is 6. The van der Waals surface area contributed by atoms with E-state index in [9.17, 15) is 4.79 Å². The van der Waals surface area contributed by atoms with E-state index in [0.717, 1.165) is 61.0 Å². The lowest BCUT2D eigenvalue weighted by atomic mass is 10.1. The molecular formula is C19H26N6O2. The van der Waals surface area contributed by atoms with Gasteiger partial charge in [0.1, 0.15) is 5.69 Å². The molecule has 2 aliphatic rings. The van der Waals surface area contributed by atoms with Crippen LogP contribution in [0.2, 0.25) is 0 Å². The summed E-state index contributed by atoms with van der Waals surface area (Å²) >= 11 is 0. The molecule has 0 N–H and O–H groups in total. The average molecular weight is 370 g/mol. The van der Waals surface area contributed by atoms with Crippen LogP contribution in [0.15, 0.2) is 6.20 Å². The molecule has 2 aromatic rings. The molecule has 8 nitrogen and oxygen atoms in total. The highest BCUT2D eigenvalue weighted by atomic mass is 16.5. The number of fused-ring (bicyclic) bond motifs is 1. The van der Waals surface area contributed by atoms with E-state index in [1.165, 1.54) is 0 Å². The van der Waals surface area contributed by atoms with Gasteiger partial charge in [0.25, 0.3) is 5.91 Å². The molecule has 0 aromatic carbocycles. The molecule has 4 rings (SSSR count). The highest BCUT2D eigenvalue weighted by molar-refractivity contribution is 5.94. The molecule has 27 heavy (non-hydrogen) atoms. The molecule has 0 radical (unpaired) electrons. The number of carbonyl (C=O) groups excluding carboxylic acids is 1. The highest BCUT2D eigenvalue weighted by Gasteiger charge is 2.28. The van der Waals surface area contributed by atoms with Crippen LogP contribution in [0, 0.1) is 6.92 Å². The number of aryl methyl sites for hydroxylation is 2. The van der Waals surface area contributed by atoms with E-state index >= 15 is 0 Å². The van der Waals surface area contributed by atoms with Crippen molar-refractivity contribution in [2.45, 2.75) is 33.3 Å². The fourth-order valence-corrected chi connectivity index (χ4v) is 3.85. The van der Waals surface area contributed by atoms with Gasteiger partial charge in [0.2, 0.25) is 5.95 Å². The number of hydrogen-bond donors (Lipinski definition) is 0. The van der Waals surface area contributed by atoms with E-state index in [0.29, 0.717) is 25.4 Å². The summed E-state index contributed by atoms with van der Waals surface area (Å²) < 4.78 is 7.17. The van der Waals surface area contributed by atoms with Crippen LogP contribution >= 0.6 is 0 Å². The minimum atomic E-state index is 0.0605. The molecule has 2 aromatic heterocycles. The smallest absolute Gasteiger partial charge is 0.272 e. The van der Waals surface area contributed by atoms with Crippen molar-refractivity contribution in [1.29, 1.82) is 0 Å². The fourth-order valence-electron chi connectivity index (χ4n) is 3.85. The molecule has 0 aliphatic carbocycles. The topological polar surface area (TPSA) is 76.4 Å². The molecule has 1 amide bonds. The predicted molar refractivity (Wildman–Crippen MR) is 101 cm³/mol. The van der Waals surface area contributed by atoms with Gasteiger partial charge in [0, 0.05) is 57.0 Å². The Morgan fingerprint density at radius 1 is 1.26 bits per heavy atom. The molecule has 4 heterocycles. The van der Waals surface area contributed by atoms with Crippen LogP contribution in [0.4, 0.5) is 5.95 Å². The van der Waals surface area contributed by atoms with Gasteiger partial charge in [-0.1, -0.05) is 6.92 Å². The van der Waals surface area contributed by atoms with Crippen LogP contribution < -0.4 is 4.90 Å². The second kappa shape index (κ2) is 7.26. The van der Waals surface area contributed by atoms with Crippen molar-refractivity contribution >= 4 is 11.9 Å². The van der Waals surface area contributed by atoms with E-state index in [-0.39, 0.29) is 5.91 Å². The normalized spacial score (nSPS) is 17.1. The van der Waals surface area contributed by atoms with E-state index in [1.807, 2.05) is 25.1 Å². The SMILES string of the molecule is CCc1nn(C)c(C(=O)N2CCN(c3ncc4c(n3)CCOC4)CC2)c1C. The van der Waals surface area contributed by atoms with Crippen LogP contribution in [0.5, 0.6) is 0 Å². The second-order valence-corrected chi connectivity index (χ2v) is 7.12. The zero-order valence-electron chi connectivity index (χ0n) is 16.2. The molecule has 0 unspecified atom stereocenters. The number of anilines is 1. The van der Waals surface area contributed by atoms with Gasteiger partial charge in [-0.15, -0.1) is 0 Å². The minimum Gasteiger partial charge on any atom is -0.376 e. The number of carbonyl (C=O) groups is 1. The maximum atomic E-state index is 13.0. The summed E-state index contributed by atoms with van der Waals surface area (Å²) in [5, 5.41) is 4.48. The largest absolute Gasteiger partial charge is 0.376 e. The third kappa shape index (κ3) is 3.29. The highest BCUT2D eigenvalue weighted by Crippen LogP contribution is 2.20. The Balaban J connectivity index is 1.45. The Bertz CT molecular complexity index is 854. The maximum Gasteiger partial charge on any atom is 0.272 e. The zero-order valence-corrected chi connectivity index (χ0v) is 16.2. The third-order valence-corrected chi connectivity index (χ3v) is 5.45. The van der Waals surface area contributed by atoms with Crippen molar-refractivity contribution in [2.24, 2.45) is 7.05 Å². The van der Waals surface area contributed by atoms with E-state index in [4.69, 9.17) is 9.72 Å². The number of rotatable bonds is 3. The standard InChI is InChI=1S/C19H26N6O2/c1-4-15-13(2)17(23(3)22-15)18(26)24-6-8-25(9-7-24)19-20-11-14-12-27-10-5-16(14)21-19/h11H,4-10,12H2,1-3H3. The lowest BCUT2D eigenvalue weighted by Gasteiger charge is -2.35. The first-order chi connectivity index (χ1) is 13.1. The number of aromatic nitrogens is 4. The summed E-state index contributed by atoms with van der Waals surface area (Å²) in [6.45, 7) is 8.16. The van der Waals surface area contributed by atoms with Crippen molar-refractivity contribution < 1.29 is 9.53 Å². The van der Waals surface area contributed by atoms with Crippen molar-refractivity contribution in [3.63, 3.8) is 0 Å². The molecule has 1 saturated heterocycles. The van der Waals surface area contributed by atoms with Gasteiger partial charge in [-0.05, 0) is 13.3 Å². The van der Waals surface area contributed by atoms with Crippen molar-refractivity contribution in [1.82, 2.24) is 24.6 Å². The van der Waals surface area contributed by atoms with Crippen molar-refractivity contribution in [3.05, 3.63) is 34.4 Å². The van der Waals surface area contributed by atoms with E-state index < -0.39 is 0 Å². The summed E-state index contributed by atoms with van der Waals surface area (Å²) in [6.07, 6.45) is 3.55. The molecule has 144 valence electrons. The molecule has 1 fully saturated rings. The number of amides is 1. The summed E-state index contributed by atoms with van der Waals surface area (Å²) in [5.41, 5.74) is 4.85. The average Bonchev–Trinajstić information content (AvgIpc) is 3.00. The third-order valence-electron chi connectivity index (χ3n) is 5.45. The van der Waals surface area contributed by atoms with Crippen LogP contribution in [0.1, 0.15) is 39.9 Å². The van der Waals surface area contributed by atoms with Crippen molar-refractivity contribution in [3.8, 4) is 0 Å². The van der Waals surface area contributed by atoms with E-state index in [1.54, 1.807) is 4.68 Å². The number of ether oxygens (including phenoxy) is 1. The summed E-state index contributed by atoms with van der Waals surface area (Å²) in [6, 6.07) is 0.